The van der Waals surface area contributed by atoms with Crippen LogP contribution in [0.3, 0.4) is 0 Å². The number of amides is 1. The van der Waals surface area contributed by atoms with Gasteiger partial charge in [-0.1, -0.05) is 23.2 Å². The largest absolute Gasteiger partial charge is 0.493 e. The molecule has 1 amide bonds. The van der Waals surface area contributed by atoms with Gasteiger partial charge in [0, 0.05) is 12.1 Å². The summed E-state index contributed by atoms with van der Waals surface area (Å²) in [5.41, 5.74) is 0. The molecule has 1 N–H and O–H groups in total. The summed E-state index contributed by atoms with van der Waals surface area (Å²) in [5, 5.41) is 3.71. The lowest BCUT2D eigenvalue weighted by Crippen LogP contribution is -2.50. The van der Waals surface area contributed by atoms with Gasteiger partial charge in [-0.25, -0.2) is 8.42 Å². The van der Waals surface area contributed by atoms with Gasteiger partial charge in [-0.3, -0.25) is 9.69 Å². The van der Waals surface area contributed by atoms with E-state index in [4.69, 9.17) is 27.9 Å². The molecule has 1 aromatic carbocycles. The Morgan fingerprint density at radius 2 is 1.92 bits per heavy atom. The Kier molecular flexibility index (Phi) is 6.33. The number of sulfone groups is 1. The van der Waals surface area contributed by atoms with Gasteiger partial charge >= 0.3 is 0 Å². The highest BCUT2D eigenvalue weighted by Gasteiger charge is 2.42. The molecule has 0 saturated carbocycles. The number of nitrogens with zero attached hydrogens (tertiary/aromatic N) is 1. The molecule has 3 rings (SSSR count). The number of halogens is 2. The van der Waals surface area contributed by atoms with E-state index in [2.05, 4.69) is 10.2 Å². The van der Waals surface area contributed by atoms with Gasteiger partial charge in [0.25, 0.3) is 0 Å². The number of likely N-dealkylation sites (tertiary alicyclic amines) is 1. The maximum Gasteiger partial charge on any atom is 0.223 e. The molecule has 26 heavy (non-hydrogen) atoms. The number of ether oxygens (including phenoxy) is 1. The molecule has 0 radical (unpaired) electrons. The summed E-state index contributed by atoms with van der Waals surface area (Å²) in [5.74, 6) is 0.451. The smallest absolute Gasteiger partial charge is 0.223 e. The van der Waals surface area contributed by atoms with Crippen LogP contribution in [-0.2, 0) is 14.6 Å². The fourth-order valence-electron chi connectivity index (χ4n) is 3.51. The third kappa shape index (κ3) is 5.03. The fraction of sp³-hybridized carbons (Fsp3) is 0.588. The minimum atomic E-state index is -3.11. The lowest BCUT2D eigenvalue weighted by atomic mass is 10.1. The van der Waals surface area contributed by atoms with E-state index in [0.29, 0.717) is 15.8 Å². The SMILES string of the molecule is O=C(CCOc1ccc(Cl)c(Cl)c1)NC1CS(=O)(=O)CC1N1CCCC1. The maximum absolute atomic E-state index is 12.2. The molecule has 0 aromatic heterocycles. The van der Waals surface area contributed by atoms with Crippen LogP contribution >= 0.6 is 23.2 Å². The topological polar surface area (TPSA) is 75.7 Å². The van der Waals surface area contributed by atoms with E-state index in [1.807, 2.05) is 0 Å². The first-order chi connectivity index (χ1) is 12.3. The summed E-state index contributed by atoms with van der Waals surface area (Å²) in [6.07, 6.45) is 2.30. The van der Waals surface area contributed by atoms with Crippen LogP contribution in [0.25, 0.3) is 0 Å². The monoisotopic (exact) mass is 420 g/mol. The Hall–Kier alpha value is -1.02. The van der Waals surface area contributed by atoms with Crippen molar-refractivity contribution in [2.45, 2.75) is 31.3 Å². The highest BCUT2D eigenvalue weighted by Crippen LogP contribution is 2.26. The van der Waals surface area contributed by atoms with E-state index in [9.17, 15) is 13.2 Å². The number of nitrogens with one attached hydrogen (secondary N) is 1. The predicted molar refractivity (Wildman–Crippen MR) is 102 cm³/mol. The highest BCUT2D eigenvalue weighted by molar-refractivity contribution is 7.91. The lowest BCUT2D eigenvalue weighted by Gasteiger charge is -2.28. The minimum absolute atomic E-state index is 0.00750. The number of hydrogen-bond acceptors (Lipinski definition) is 5. The molecular formula is C17H22Cl2N2O4S. The van der Waals surface area contributed by atoms with Gasteiger partial charge in [-0.15, -0.1) is 0 Å². The van der Waals surface area contributed by atoms with Gasteiger partial charge in [0.15, 0.2) is 9.84 Å². The third-order valence-electron chi connectivity index (χ3n) is 4.77. The third-order valence-corrected chi connectivity index (χ3v) is 7.22. The zero-order valence-corrected chi connectivity index (χ0v) is 16.6. The van der Waals surface area contributed by atoms with Crippen molar-refractivity contribution in [1.82, 2.24) is 10.2 Å². The average molecular weight is 421 g/mol. The first-order valence-electron chi connectivity index (χ1n) is 8.66. The van der Waals surface area contributed by atoms with Crippen LogP contribution in [-0.4, -0.2) is 62.5 Å². The summed E-state index contributed by atoms with van der Waals surface area (Å²) in [4.78, 5) is 14.4. The molecule has 144 valence electrons. The lowest BCUT2D eigenvalue weighted by molar-refractivity contribution is -0.122. The van der Waals surface area contributed by atoms with Crippen LogP contribution in [0.4, 0.5) is 0 Å². The van der Waals surface area contributed by atoms with Crippen molar-refractivity contribution >= 4 is 38.9 Å². The summed E-state index contributed by atoms with van der Waals surface area (Å²) < 4.78 is 29.6. The molecule has 2 fully saturated rings. The molecule has 6 nitrogen and oxygen atoms in total. The molecule has 9 heteroatoms. The molecule has 2 saturated heterocycles. The second-order valence-electron chi connectivity index (χ2n) is 6.74. The first kappa shape index (κ1) is 19.7. The number of carbonyl (C=O) groups excluding carboxylic acids is 1. The molecule has 2 atom stereocenters. The van der Waals surface area contributed by atoms with Gasteiger partial charge < -0.3 is 10.1 Å². The van der Waals surface area contributed by atoms with Gasteiger partial charge in [-0.2, -0.15) is 0 Å². The van der Waals surface area contributed by atoms with Crippen molar-refractivity contribution in [3.8, 4) is 5.75 Å². The Labute approximate surface area is 163 Å². The standard InChI is InChI=1S/C17H22Cl2N2O4S/c18-13-4-3-12(9-14(13)19)25-8-5-17(22)20-15-10-26(23,24)11-16(15)21-6-1-2-7-21/h3-4,9,15-16H,1-2,5-8,10-11H2,(H,20,22). The molecule has 0 bridgehead atoms. The zero-order chi connectivity index (χ0) is 18.7. The normalized spacial score (nSPS) is 25.3. The van der Waals surface area contributed by atoms with Crippen molar-refractivity contribution in [3.05, 3.63) is 28.2 Å². The summed E-state index contributed by atoms with van der Waals surface area (Å²) in [7, 11) is -3.11. The number of hydrogen-bond donors (Lipinski definition) is 1. The molecule has 1 aromatic rings. The minimum Gasteiger partial charge on any atom is -0.493 e. The van der Waals surface area contributed by atoms with Gasteiger partial charge in [0.2, 0.25) is 5.91 Å². The van der Waals surface area contributed by atoms with E-state index in [1.165, 1.54) is 0 Å². The van der Waals surface area contributed by atoms with Crippen LogP contribution in [0.15, 0.2) is 18.2 Å². The number of rotatable bonds is 6. The van der Waals surface area contributed by atoms with E-state index in [-0.39, 0.29) is 42.5 Å². The van der Waals surface area contributed by atoms with E-state index >= 15 is 0 Å². The summed E-state index contributed by atoms with van der Waals surface area (Å²) >= 11 is 11.8. The average Bonchev–Trinajstić information content (AvgIpc) is 3.18. The highest BCUT2D eigenvalue weighted by atomic mass is 35.5. The van der Waals surface area contributed by atoms with Crippen LogP contribution in [0, 0.1) is 0 Å². The molecule has 2 unspecified atom stereocenters. The second-order valence-corrected chi connectivity index (χ2v) is 9.70. The quantitative estimate of drug-likeness (QED) is 0.762. The van der Waals surface area contributed by atoms with E-state index < -0.39 is 9.84 Å². The van der Waals surface area contributed by atoms with Crippen molar-refractivity contribution in [3.63, 3.8) is 0 Å². The van der Waals surface area contributed by atoms with E-state index in [1.54, 1.807) is 18.2 Å². The van der Waals surface area contributed by atoms with Crippen LogP contribution in [0.5, 0.6) is 5.75 Å². The van der Waals surface area contributed by atoms with Crippen molar-refractivity contribution < 1.29 is 17.9 Å². The Morgan fingerprint density at radius 3 is 2.62 bits per heavy atom. The van der Waals surface area contributed by atoms with Crippen molar-refractivity contribution in [2.75, 3.05) is 31.2 Å². The van der Waals surface area contributed by atoms with Gasteiger partial charge in [0.05, 0.1) is 40.6 Å². The predicted octanol–water partition coefficient (Wildman–Crippen LogP) is 2.14. The van der Waals surface area contributed by atoms with Crippen LogP contribution < -0.4 is 10.1 Å². The van der Waals surface area contributed by atoms with Crippen LogP contribution in [0.1, 0.15) is 19.3 Å². The van der Waals surface area contributed by atoms with Gasteiger partial charge in [-0.05, 0) is 38.1 Å². The molecule has 2 aliphatic rings. The van der Waals surface area contributed by atoms with Crippen molar-refractivity contribution in [2.24, 2.45) is 0 Å². The fourth-order valence-corrected chi connectivity index (χ4v) is 5.75. The molecule has 2 aliphatic heterocycles. The molecule has 0 aliphatic carbocycles. The second kappa shape index (κ2) is 8.33. The van der Waals surface area contributed by atoms with Crippen LogP contribution in [0.2, 0.25) is 10.0 Å². The van der Waals surface area contributed by atoms with E-state index in [0.717, 1.165) is 25.9 Å². The molecule has 2 heterocycles. The summed E-state index contributed by atoms with van der Waals surface area (Å²) in [6, 6.07) is 4.43. The number of carbonyl (C=O) groups is 1. The van der Waals surface area contributed by atoms with Crippen molar-refractivity contribution in [1.29, 1.82) is 0 Å². The maximum atomic E-state index is 12.2. The zero-order valence-electron chi connectivity index (χ0n) is 14.3. The molecular weight excluding hydrogens is 399 g/mol. The number of benzene rings is 1. The first-order valence-corrected chi connectivity index (χ1v) is 11.2. The Morgan fingerprint density at radius 1 is 1.19 bits per heavy atom. The molecule has 0 spiro atoms. The van der Waals surface area contributed by atoms with Gasteiger partial charge in [0.1, 0.15) is 5.75 Å². The Balaban J connectivity index is 1.50. The summed E-state index contributed by atoms with van der Waals surface area (Å²) in [6.45, 7) is 1.97. The Bertz CT molecular complexity index is 766.